The average molecular weight is 413 g/mol. The summed E-state index contributed by atoms with van der Waals surface area (Å²) in [5, 5.41) is 9.67. The Labute approximate surface area is 176 Å². The van der Waals surface area contributed by atoms with Gasteiger partial charge in [-0.1, -0.05) is 90.4 Å². The lowest BCUT2D eigenvalue weighted by Gasteiger charge is -2.31. The molecule has 1 atom stereocenters. The van der Waals surface area contributed by atoms with Crippen LogP contribution in [0, 0.1) is 0 Å². The molecule has 0 aliphatic rings. The van der Waals surface area contributed by atoms with Crippen molar-refractivity contribution in [2.45, 2.75) is 109 Å². The summed E-state index contributed by atoms with van der Waals surface area (Å²) in [5.74, 6) is 0.348. The SMILES string of the molecule is CCCCCCCCCCCCCCCCC[N+](C)(C)CC(O)CCl.[Cl-]. The number of hydrogen-bond donors (Lipinski definition) is 1. The van der Waals surface area contributed by atoms with Crippen molar-refractivity contribution in [3.8, 4) is 0 Å². The molecule has 2 nitrogen and oxygen atoms in total. The van der Waals surface area contributed by atoms with Crippen molar-refractivity contribution in [3.63, 3.8) is 0 Å². The van der Waals surface area contributed by atoms with Crippen LogP contribution in [-0.2, 0) is 0 Å². The van der Waals surface area contributed by atoms with Crippen molar-refractivity contribution in [2.24, 2.45) is 0 Å². The van der Waals surface area contributed by atoms with Crippen LogP contribution in [0.3, 0.4) is 0 Å². The smallest absolute Gasteiger partial charge is 0.116 e. The largest absolute Gasteiger partial charge is 1.00 e. The Morgan fingerprint density at radius 2 is 1.04 bits per heavy atom. The number of halogens is 2. The van der Waals surface area contributed by atoms with E-state index >= 15 is 0 Å². The molecule has 0 amide bonds. The number of quaternary nitrogens is 1. The fraction of sp³-hybridized carbons (Fsp3) is 1.00. The quantitative estimate of drug-likeness (QED) is 0.196. The van der Waals surface area contributed by atoms with Crippen LogP contribution in [0.4, 0.5) is 0 Å². The molecule has 160 valence electrons. The predicted molar refractivity (Wildman–Crippen MR) is 113 cm³/mol. The van der Waals surface area contributed by atoms with Crippen molar-refractivity contribution >= 4 is 11.6 Å². The molecule has 26 heavy (non-hydrogen) atoms. The van der Waals surface area contributed by atoms with Gasteiger partial charge in [0, 0.05) is 0 Å². The fourth-order valence-electron chi connectivity index (χ4n) is 3.62. The number of likely N-dealkylation sites (N-methyl/N-ethyl adjacent to an activating group) is 1. The van der Waals surface area contributed by atoms with Gasteiger partial charge in [-0.15, -0.1) is 11.6 Å². The molecule has 0 fully saturated rings. The van der Waals surface area contributed by atoms with E-state index in [4.69, 9.17) is 11.6 Å². The molecule has 0 aliphatic carbocycles. The molecule has 0 aliphatic heterocycles. The minimum absolute atomic E-state index is 0. The van der Waals surface area contributed by atoms with Gasteiger partial charge in [-0.2, -0.15) is 0 Å². The molecule has 0 heterocycles. The van der Waals surface area contributed by atoms with Gasteiger partial charge < -0.3 is 22.0 Å². The Kier molecular flexibility index (Phi) is 22.3. The minimum atomic E-state index is -0.368. The van der Waals surface area contributed by atoms with Gasteiger partial charge in [-0.05, 0) is 12.8 Å². The van der Waals surface area contributed by atoms with Crippen LogP contribution in [0.5, 0.6) is 0 Å². The molecular weight excluding hydrogens is 365 g/mol. The van der Waals surface area contributed by atoms with Crippen LogP contribution >= 0.6 is 11.6 Å². The number of aliphatic hydroxyl groups excluding tert-OH is 1. The molecule has 1 N–H and O–H groups in total. The summed E-state index contributed by atoms with van der Waals surface area (Å²) in [6.07, 6.45) is 20.8. The van der Waals surface area contributed by atoms with Gasteiger partial charge in [-0.25, -0.2) is 0 Å². The topological polar surface area (TPSA) is 20.2 Å². The number of hydrogen-bond acceptors (Lipinski definition) is 1. The van der Waals surface area contributed by atoms with Crippen molar-refractivity contribution in [2.75, 3.05) is 33.1 Å². The van der Waals surface area contributed by atoms with E-state index in [0.717, 1.165) is 17.6 Å². The Bertz CT molecular complexity index is 275. The molecule has 0 aromatic carbocycles. The summed E-state index contributed by atoms with van der Waals surface area (Å²) in [7, 11) is 4.39. The highest BCUT2D eigenvalue weighted by Crippen LogP contribution is 2.14. The average Bonchev–Trinajstić information content (AvgIpc) is 2.57. The summed E-state index contributed by atoms with van der Waals surface area (Å²) in [6, 6.07) is 0. The Morgan fingerprint density at radius 1 is 0.692 bits per heavy atom. The summed E-state index contributed by atoms with van der Waals surface area (Å²) in [5.41, 5.74) is 0. The third-order valence-corrected chi connectivity index (χ3v) is 5.61. The van der Waals surface area contributed by atoms with Gasteiger partial charge in [0.25, 0.3) is 0 Å². The van der Waals surface area contributed by atoms with Gasteiger partial charge in [0.05, 0.1) is 26.5 Å². The summed E-state index contributed by atoms with van der Waals surface area (Å²) in [4.78, 5) is 0. The lowest BCUT2D eigenvalue weighted by molar-refractivity contribution is -0.893. The Balaban J connectivity index is 0. The number of nitrogens with zero attached hydrogens (tertiary/aromatic N) is 1. The molecule has 0 radical (unpaired) electrons. The number of rotatable bonds is 19. The summed E-state index contributed by atoms with van der Waals surface area (Å²) < 4.78 is 0.881. The van der Waals surface area contributed by atoms with Crippen molar-refractivity contribution in [1.82, 2.24) is 0 Å². The molecule has 0 aromatic rings. The fourth-order valence-corrected chi connectivity index (χ4v) is 3.72. The monoisotopic (exact) mass is 411 g/mol. The molecule has 1 unspecified atom stereocenters. The second kappa shape index (κ2) is 20.2. The predicted octanol–water partition coefficient (Wildman–Crippen LogP) is 3.54. The first kappa shape index (κ1) is 28.7. The van der Waals surface area contributed by atoms with E-state index in [0.29, 0.717) is 5.88 Å². The molecule has 0 bridgehead atoms. The van der Waals surface area contributed by atoms with Crippen LogP contribution < -0.4 is 12.4 Å². The maximum atomic E-state index is 9.67. The van der Waals surface area contributed by atoms with E-state index in [9.17, 15) is 5.11 Å². The van der Waals surface area contributed by atoms with Gasteiger partial charge >= 0.3 is 0 Å². The number of aliphatic hydroxyl groups is 1. The first-order valence-corrected chi connectivity index (χ1v) is 11.6. The first-order chi connectivity index (χ1) is 12.0. The molecule has 0 saturated heterocycles. The third kappa shape index (κ3) is 20.8. The van der Waals surface area contributed by atoms with E-state index < -0.39 is 0 Å². The minimum Gasteiger partial charge on any atom is -1.00 e. The van der Waals surface area contributed by atoms with Gasteiger partial charge in [0.15, 0.2) is 0 Å². The molecule has 0 spiro atoms. The van der Waals surface area contributed by atoms with E-state index in [1.165, 1.54) is 96.3 Å². The highest BCUT2D eigenvalue weighted by atomic mass is 35.5. The van der Waals surface area contributed by atoms with Crippen LogP contribution in [0.25, 0.3) is 0 Å². The zero-order valence-corrected chi connectivity index (χ0v) is 19.5. The van der Waals surface area contributed by atoms with E-state index in [1.54, 1.807) is 0 Å². The zero-order chi connectivity index (χ0) is 18.8. The Morgan fingerprint density at radius 3 is 1.38 bits per heavy atom. The maximum Gasteiger partial charge on any atom is 0.116 e. The second-order valence-electron chi connectivity index (χ2n) is 8.60. The van der Waals surface area contributed by atoms with Crippen LogP contribution in [0.15, 0.2) is 0 Å². The van der Waals surface area contributed by atoms with E-state index in [2.05, 4.69) is 21.0 Å². The first-order valence-electron chi connectivity index (χ1n) is 11.1. The van der Waals surface area contributed by atoms with E-state index in [-0.39, 0.29) is 18.5 Å². The normalized spacial score (nSPS) is 12.8. The second-order valence-corrected chi connectivity index (χ2v) is 8.91. The lowest BCUT2D eigenvalue weighted by Crippen LogP contribution is -3.00. The maximum absolute atomic E-state index is 9.67. The van der Waals surface area contributed by atoms with Crippen LogP contribution in [-0.4, -0.2) is 48.8 Å². The summed E-state index contributed by atoms with van der Waals surface area (Å²) in [6.45, 7) is 4.20. The standard InChI is InChI=1S/C22H47ClNO.ClH/c1-4-5-6-7-8-9-10-11-12-13-14-15-16-17-18-19-24(2,3)21-22(25)20-23;/h22,25H,4-21H2,1-3H3;1H/q+1;/p-1. The third-order valence-electron chi connectivity index (χ3n) is 5.25. The lowest BCUT2D eigenvalue weighted by atomic mass is 10.0. The van der Waals surface area contributed by atoms with Gasteiger partial charge in [-0.3, -0.25) is 0 Å². The summed E-state index contributed by atoms with van der Waals surface area (Å²) >= 11 is 5.70. The number of alkyl halides is 1. The molecular formula is C22H47Cl2NO. The van der Waals surface area contributed by atoms with Crippen molar-refractivity contribution in [3.05, 3.63) is 0 Å². The van der Waals surface area contributed by atoms with Crippen LogP contribution in [0.2, 0.25) is 0 Å². The van der Waals surface area contributed by atoms with Gasteiger partial charge in [0.1, 0.15) is 12.6 Å². The molecule has 4 heteroatoms. The molecule has 0 rings (SSSR count). The Hall–Kier alpha value is 0.500. The van der Waals surface area contributed by atoms with Crippen molar-refractivity contribution in [1.29, 1.82) is 0 Å². The number of unbranched alkanes of at least 4 members (excludes halogenated alkanes) is 14. The molecule has 0 aromatic heterocycles. The van der Waals surface area contributed by atoms with Crippen molar-refractivity contribution < 1.29 is 22.0 Å². The van der Waals surface area contributed by atoms with Crippen LogP contribution in [0.1, 0.15) is 103 Å². The zero-order valence-electron chi connectivity index (χ0n) is 18.0. The van der Waals surface area contributed by atoms with E-state index in [1.807, 2.05) is 0 Å². The highest BCUT2D eigenvalue weighted by Gasteiger charge is 2.19. The van der Waals surface area contributed by atoms with Gasteiger partial charge in [0.2, 0.25) is 0 Å². The highest BCUT2D eigenvalue weighted by molar-refractivity contribution is 6.18. The molecule has 0 saturated carbocycles.